The van der Waals surface area contributed by atoms with Crippen LogP contribution in [0.25, 0.3) is 16.8 Å². The second-order valence-electron chi connectivity index (χ2n) is 5.52. The molecule has 0 aliphatic rings. The number of para-hydroxylation sites is 2. The van der Waals surface area contributed by atoms with Gasteiger partial charge >= 0.3 is 0 Å². The van der Waals surface area contributed by atoms with Gasteiger partial charge in [-0.2, -0.15) is 0 Å². The van der Waals surface area contributed by atoms with E-state index in [1.165, 1.54) is 11.8 Å². The largest absolute Gasteiger partial charge is 0.325 e. The second-order valence-corrected chi connectivity index (χ2v) is 7.27. The van der Waals surface area contributed by atoms with Crippen molar-refractivity contribution in [2.24, 2.45) is 0 Å². The molecule has 0 radical (unpaired) electrons. The normalized spacial score (nSPS) is 12.6. The number of amides is 1. The monoisotopic (exact) mass is 371 g/mol. The van der Waals surface area contributed by atoms with E-state index < -0.39 is 0 Å². The first kappa shape index (κ1) is 16.0. The Kier molecular flexibility index (Phi) is 4.10. The first-order chi connectivity index (χ1) is 12.1. The summed E-state index contributed by atoms with van der Waals surface area (Å²) in [5, 5.41) is 11.1. The number of nitrogens with one attached hydrogen (secondary N) is 2. The van der Waals surface area contributed by atoms with E-state index in [-0.39, 0.29) is 11.2 Å². The lowest BCUT2D eigenvalue weighted by atomic mass is 10.3. The van der Waals surface area contributed by atoms with Gasteiger partial charge in [0.2, 0.25) is 11.7 Å². The molecule has 25 heavy (non-hydrogen) atoms. The Morgan fingerprint density at radius 1 is 1.24 bits per heavy atom. The van der Waals surface area contributed by atoms with Gasteiger partial charge in [-0.15, -0.1) is 5.10 Å². The van der Waals surface area contributed by atoms with E-state index in [4.69, 9.17) is 11.6 Å². The van der Waals surface area contributed by atoms with E-state index in [1.807, 2.05) is 35.6 Å². The highest BCUT2D eigenvalue weighted by molar-refractivity contribution is 8.00. The molecule has 4 aromatic rings. The molecule has 2 N–H and O–H groups in total. The van der Waals surface area contributed by atoms with Crippen LogP contribution in [0.1, 0.15) is 6.92 Å². The van der Waals surface area contributed by atoms with Crippen LogP contribution in [0.4, 0.5) is 5.69 Å². The summed E-state index contributed by atoms with van der Waals surface area (Å²) in [6.45, 7) is 1.84. The van der Waals surface area contributed by atoms with Crippen molar-refractivity contribution in [1.29, 1.82) is 0 Å². The molecule has 2 aromatic carbocycles. The van der Waals surface area contributed by atoms with Gasteiger partial charge in [0.05, 0.1) is 16.3 Å². The van der Waals surface area contributed by atoms with Crippen molar-refractivity contribution in [2.75, 3.05) is 5.32 Å². The number of carbonyl (C=O) groups is 1. The molecule has 0 unspecified atom stereocenters. The third-order valence-corrected chi connectivity index (χ3v) is 5.07. The number of H-pyrrole nitrogens is 1. The molecular formula is C17H14ClN5OS. The van der Waals surface area contributed by atoms with Gasteiger partial charge in [0.1, 0.15) is 0 Å². The summed E-state index contributed by atoms with van der Waals surface area (Å²) < 4.78 is 1.92. The highest BCUT2D eigenvalue weighted by atomic mass is 35.5. The number of aromatic amines is 1. The van der Waals surface area contributed by atoms with E-state index in [2.05, 4.69) is 20.5 Å². The van der Waals surface area contributed by atoms with Crippen LogP contribution in [-0.4, -0.2) is 30.7 Å². The number of hydrogen-bond acceptors (Lipinski definition) is 4. The number of imidazole rings is 1. The predicted octanol–water partition coefficient (Wildman–Crippen LogP) is 3.98. The number of hydrogen-bond donors (Lipinski definition) is 2. The maximum absolute atomic E-state index is 12.4. The van der Waals surface area contributed by atoms with E-state index >= 15 is 0 Å². The Labute approximate surface area is 152 Å². The van der Waals surface area contributed by atoms with E-state index in [9.17, 15) is 4.79 Å². The Bertz CT molecular complexity index is 1060. The number of rotatable bonds is 4. The average molecular weight is 372 g/mol. The number of fused-ring (bicyclic) bond motifs is 3. The third-order valence-electron chi connectivity index (χ3n) is 3.77. The minimum absolute atomic E-state index is 0.104. The Morgan fingerprint density at radius 3 is 2.80 bits per heavy atom. The van der Waals surface area contributed by atoms with Gasteiger partial charge in [-0.3, -0.25) is 9.20 Å². The number of aromatic nitrogens is 4. The lowest BCUT2D eigenvalue weighted by Crippen LogP contribution is -2.22. The molecule has 1 atom stereocenters. The molecule has 0 saturated carbocycles. The van der Waals surface area contributed by atoms with Crippen molar-refractivity contribution < 1.29 is 4.79 Å². The van der Waals surface area contributed by atoms with Crippen LogP contribution in [-0.2, 0) is 4.79 Å². The van der Waals surface area contributed by atoms with Gasteiger partial charge < -0.3 is 5.32 Å². The van der Waals surface area contributed by atoms with E-state index in [0.717, 1.165) is 11.0 Å². The summed E-state index contributed by atoms with van der Waals surface area (Å²) in [4.78, 5) is 16.9. The number of anilines is 1. The molecule has 0 fully saturated rings. The number of nitrogens with zero attached hydrogens (tertiary/aromatic N) is 3. The molecule has 4 rings (SSSR count). The fraction of sp³-hybridized carbons (Fsp3) is 0.118. The zero-order chi connectivity index (χ0) is 17.4. The van der Waals surface area contributed by atoms with Gasteiger partial charge in [0.25, 0.3) is 0 Å². The molecule has 1 amide bonds. The van der Waals surface area contributed by atoms with Crippen LogP contribution in [0.2, 0.25) is 5.02 Å². The Balaban J connectivity index is 1.56. The molecule has 0 spiro atoms. The summed E-state index contributed by atoms with van der Waals surface area (Å²) in [6, 6.07) is 14.8. The SMILES string of the molecule is C[C@@H](Sc1n[nH]c2nc3ccccc3n12)C(=O)Nc1ccc(Cl)cc1. The highest BCUT2D eigenvalue weighted by Gasteiger charge is 2.19. The first-order valence-electron chi connectivity index (χ1n) is 7.66. The van der Waals surface area contributed by atoms with Crippen molar-refractivity contribution in [3.63, 3.8) is 0 Å². The fourth-order valence-corrected chi connectivity index (χ4v) is 3.51. The topological polar surface area (TPSA) is 75.1 Å². The lowest BCUT2D eigenvalue weighted by molar-refractivity contribution is -0.115. The molecule has 126 valence electrons. The third kappa shape index (κ3) is 3.08. The second kappa shape index (κ2) is 6.42. The minimum atomic E-state index is -0.330. The molecule has 8 heteroatoms. The fourth-order valence-electron chi connectivity index (χ4n) is 2.51. The molecule has 2 aromatic heterocycles. The number of benzene rings is 2. The Hall–Kier alpha value is -2.51. The van der Waals surface area contributed by atoms with Crippen LogP contribution < -0.4 is 5.32 Å². The standard InChI is InChI=1S/C17H14ClN5OS/c1-10(15(24)19-12-8-6-11(18)7-9-12)25-17-22-21-16-20-13-4-2-3-5-14(13)23(16)17/h2-10H,1H3,(H,19,24)(H,20,21)/t10-/m1/s1. The van der Waals surface area contributed by atoms with Gasteiger partial charge in [0.15, 0.2) is 5.16 Å². The van der Waals surface area contributed by atoms with Gasteiger partial charge in [-0.1, -0.05) is 35.5 Å². The van der Waals surface area contributed by atoms with Crippen molar-refractivity contribution in [1.82, 2.24) is 19.6 Å². The van der Waals surface area contributed by atoms with Crippen LogP contribution in [0.5, 0.6) is 0 Å². The quantitative estimate of drug-likeness (QED) is 0.532. The van der Waals surface area contributed by atoms with Gasteiger partial charge in [-0.25, -0.2) is 10.1 Å². The number of carbonyl (C=O) groups excluding carboxylic acids is 1. The van der Waals surface area contributed by atoms with Crippen molar-refractivity contribution in [3.05, 3.63) is 53.6 Å². The smallest absolute Gasteiger partial charge is 0.237 e. The van der Waals surface area contributed by atoms with Crippen molar-refractivity contribution in [3.8, 4) is 0 Å². The maximum atomic E-state index is 12.4. The van der Waals surface area contributed by atoms with E-state index in [0.29, 0.717) is 21.6 Å². The molecular weight excluding hydrogens is 358 g/mol. The molecule has 6 nitrogen and oxygen atoms in total. The van der Waals surface area contributed by atoms with Gasteiger partial charge in [-0.05, 0) is 43.3 Å². The molecule has 0 saturated heterocycles. The van der Waals surface area contributed by atoms with Crippen LogP contribution in [0, 0.1) is 0 Å². The first-order valence-corrected chi connectivity index (χ1v) is 8.92. The lowest BCUT2D eigenvalue weighted by Gasteiger charge is -2.11. The van der Waals surface area contributed by atoms with Crippen LogP contribution in [0.15, 0.2) is 53.7 Å². The molecule has 0 aliphatic heterocycles. The summed E-state index contributed by atoms with van der Waals surface area (Å²) in [5.74, 6) is 0.557. The zero-order valence-electron chi connectivity index (χ0n) is 13.2. The summed E-state index contributed by atoms with van der Waals surface area (Å²) in [6.07, 6.45) is 0. The molecule has 0 bridgehead atoms. The Morgan fingerprint density at radius 2 is 2.00 bits per heavy atom. The van der Waals surface area contributed by atoms with Crippen LogP contribution >= 0.6 is 23.4 Å². The summed E-state index contributed by atoms with van der Waals surface area (Å²) in [5.41, 5.74) is 2.55. The van der Waals surface area contributed by atoms with Gasteiger partial charge in [0, 0.05) is 10.7 Å². The molecule has 0 aliphatic carbocycles. The molecule has 2 heterocycles. The maximum Gasteiger partial charge on any atom is 0.237 e. The predicted molar refractivity (Wildman–Crippen MR) is 100 cm³/mol. The average Bonchev–Trinajstić information content (AvgIpc) is 3.16. The van der Waals surface area contributed by atoms with Crippen LogP contribution in [0.3, 0.4) is 0 Å². The van der Waals surface area contributed by atoms with Crippen molar-refractivity contribution in [2.45, 2.75) is 17.3 Å². The van der Waals surface area contributed by atoms with Crippen molar-refractivity contribution >= 4 is 51.8 Å². The summed E-state index contributed by atoms with van der Waals surface area (Å²) in [7, 11) is 0. The number of thioether (sulfide) groups is 1. The summed E-state index contributed by atoms with van der Waals surface area (Å²) >= 11 is 7.23. The van der Waals surface area contributed by atoms with E-state index in [1.54, 1.807) is 24.3 Å². The highest BCUT2D eigenvalue weighted by Crippen LogP contribution is 2.26. The minimum Gasteiger partial charge on any atom is -0.325 e. The number of halogens is 1. The zero-order valence-corrected chi connectivity index (χ0v) is 14.8.